The number of hydrogen-bond acceptors (Lipinski definition) is 5. The Morgan fingerprint density at radius 2 is 2.10 bits per heavy atom. The lowest BCUT2D eigenvalue weighted by molar-refractivity contribution is -0.385. The summed E-state index contributed by atoms with van der Waals surface area (Å²) in [6.45, 7) is -0.100. The molecule has 8 nitrogen and oxygen atoms in total. The lowest BCUT2D eigenvalue weighted by Crippen LogP contribution is -2.33. The molecular formula is C10H12BrN3O5S. The van der Waals surface area contributed by atoms with E-state index in [0.717, 1.165) is 0 Å². The van der Waals surface area contributed by atoms with E-state index < -0.39 is 20.9 Å². The second kappa shape index (κ2) is 6.77. The highest BCUT2D eigenvalue weighted by Crippen LogP contribution is 2.28. The second-order valence-corrected chi connectivity index (χ2v) is 6.51. The molecule has 0 bridgehead atoms. The zero-order valence-corrected chi connectivity index (χ0v) is 12.8. The molecule has 1 aromatic rings. The number of nitrogens with one attached hydrogen (secondary N) is 2. The van der Waals surface area contributed by atoms with Gasteiger partial charge in [0.05, 0.1) is 16.2 Å². The average molecular weight is 366 g/mol. The van der Waals surface area contributed by atoms with E-state index in [1.165, 1.54) is 25.2 Å². The highest BCUT2D eigenvalue weighted by Gasteiger charge is 2.19. The van der Waals surface area contributed by atoms with E-state index in [-0.39, 0.29) is 28.0 Å². The van der Waals surface area contributed by atoms with Crippen molar-refractivity contribution in [2.45, 2.75) is 0 Å². The fourth-order valence-electron chi connectivity index (χ4n) is 1.33. The van der Waals surface area contributed by atoms with Gasteiger partial charge in [0.2, 0.25) is 10.0 Å². The van der Waals surface area contributed by atoms with E-state index in [1.807, 2.05) is 0 Å². The van der Waals surface area contributed by atoms with Gasteiger partial charge >= 0.3 is 0 Å². The molecule has 0 spiro atoms. The van der Waals surface area contributed by atoms with E-state index in [9.17, 15) is 23.3 Å². The van der Waals surface area contributed by atoms with Crippen LogP contribution in [0.15, 0.2) is 22.7 Å². The minimum atomic E-state index is -3.41. The third kappa shape index (κ3) is 4.25. The summed E-state index contributed by atoms with van der Waals surface area (Å²) >= 11 is 2.99. The zero-order chi connectivity index (χ0) is 15.3. The van der Waals surface area contributed by atoms with Crippen LogP contribution in [0.3, 0.4) is 0 Å². The van der Waals surface area contributed by atoms with Crippen LogP contribution in [0.2, 0.25) is 0 Å². The average Bonchev–Trinajstić information content (AvgIpc) is 2.38. The van der Waals surface area contributed by atoms with Crippen molar-refractivity contribution in [3.63, 3.8) is 0 Å². The molecule has 2 N–H and O–H groups in total. The summed E-state index contributed by atoms with van der Waals surface area (Å²) in [5.41, 5.74) is -0.165. The van der Waals surface area contributed by atoms with E-state index >= 15 is 0 Å². The molecule has 10 heteroatoms. The van der Waals surface area contributed by atoms with Gasteiger partial charge in [-0.05, 0) is 29.0 Å². The maximum atomic E-state index is 11.8. The quantitative estimate of drug-likeness (QED) is 0.566. The third-order valence-electron chi connectivity index (χ3n) is 2.39. The van der Waals surface area contributed by atoms with Crippen molar-refractivity contribution in [3.8, 4) is 0 Å². The van der Waals surface area contributed by atoms with Crippen molar-refractivity contribution in [3.05, 3.63) is 38.3 Å². The Balaban J connectivity index is 2.79. The summed E-state index contributed by atoms with van der Waals surface area (Å²) in [6, 6.07) is 4.04. The first-order chi connectivity index (χ1) is 9.28. The second-order valence-electron chi connectivity index (χ2n) is 3.67. The van der Waals surface area contributed by atoms with Gasteiger partial charge in [-0.2, -0.15) is 0 Å². The van der Waals surface area contributed by atoms with Crippen molar-refractivity contribution < 1.29 is 18.1 Å². The van der Waals surface area contributed by atoms with Gasteiger partial charge in [0.25, 0.3) is 11.6 Å². The van der Waals surface area contributed by atoms with Crippen molar-refractivity contribution >= 4 is 37.5 Å². The predicted octanol–water partition coefficient (Wildman–Crippen LogP) is 0.636. The molecule has 0 fully saturated rings. The van der Waals surface area contributed by atoms with Gasteiger partial charge < -0.3 is 5.32 Å². The molecule has 0 saturated heterocycles. The summed E-state index contributed by atoms with van der Waals surface area (Å²) in [4.78, 5) is 22.0. The number of amides is 1. The van der Waals surface area contributed by atoms with Crippen LogP contribution in [0.25, 0.3) is 0 Å². The summed E-state index contributed by atoms with van der Waals surface area (Å²) < 4.78 is 24.5. The number of hydrogen-bond donors (Lipinski definition) is 2. The molecule has 0 aliphatic heterocycles. The molecule has 0 aromatic heterocycles. The van der Waals surface area contributed by atoms with Crippen LogP contribution in [0.4, 0.5) is 5.69 Å². The van der Waals surface area contributed by atoms with Crippen LogP contribution >= 0.6 is 15.9 Å². The summed E-state index contributed by atoms with van der Waals surface area (Å²) in [6.07, 6.45) is 0. The van der Waals surface area contributed by atoms with Gasteiger partial charge in [-0.15, -0.1) is 0 Å². The van der Waals surface area contributed by atoms with Crippen LogP contribution in [0.1, 0.15) is 10.4 Å². The number of sulfonamides is 1. The Morgan fingerprint density at radius 3 is 2.65 bits per heavy atom. The molecular weight excluding hydrogens is 354 g/mol. The molecule has 0 aliphatic carbocycles. The maximum Gasteiger partial charge on any atom is 0.284 e. The van der Waals surface area contributed by atoms with Gasteiger partial charge in [0.15, 0.2) is 0 Å². The number of halogens is 1. The van der Waals surface area contributed by atoms with Gasteiger partial charge in [-0.25, -0.2) is 13.1 Å². The lowest BCUT2D eigenvalue weighted by atomic mass is 10.2. The number of nitro groups is 1. The predicted molar refractivity (Wildman–Crippen MR) is 76.0 cm³/mol. The summed E-state index contributed by atoms with van der Waals surface area (Å²) in [5.74, 6) is -0.867. The lowest BCUT2D eigenvalue weighted by Gasteiger charge is -2.07. The third-order valence-corrected chi connectivity index (χ3v) is 4.58. The van der Waals surface area contributed by atoms with E-state index in [4.69, 9.17) is 0 Å². The van der Waals surface area contributed by atoms with Crippen LogP contribution in [-0.2, 0) is 10.0 Å². The number of nitro benzene ring substituents is 1. The molecule has 0 aliphatic rings. The summed E-state index contributed by atoms with van der Waals surface area (Å²) in [5, 5.41) is 13.1. The monoisotopic (exact) mass is 365 g/mol. The molecule has 1 rings (SSSR count). The largest absolute Gasteiger partial charge is 0.351 e. The Labute approximate surface area is 123 Å². The normalized spacial score (nSPS) is 11.1. The molecule has 0 radical (unpaired) electrons. The van der Waals surface area contributed by atoms with Crippen LogP contribution in [-0.4, -0.2) is 38.6 Å². The summed E-state index contributed by atoms with van der Waals surface area (Å²) in [7, 11) is -2.14. The molecule has 0 heterocycles. The fourth-order valence-corrected chi connectivity index (χ4v) is 2.50. The van der Waals surface area contributed by atoms with Crippen LogP contribution < -0.4 is 10.0 Å². The zero-order valence-electron chi connectivity index (χ0n) is 10.4. The molecule has 1 amide bonds. The van der Waals surface area contributed by atoms with E-state index in [1.54, 1.807) is 0 Å². The van der Waals surface area contributed by atoms with Gasteiger partial charge in [0.1, 0.15) is 4.47 Å². The first-order valence-corrected chi connectivity index (χ1v) is 7.85. The minimum Gasteiger partial charge on any atom is -0.351 e. The first-order valence-electron chi connectivity index (χ1n) is 5.41. The first kappa shape index (κ1) is 16.5. The van der Waals surface area contributed by atoms with E-state index in [0.29, 0.717) is 0 Å². The van der Waals surface area contributed by atoms with Crippen LogP contribution in [0.5, 0.6) is 0 Å². The molecule has 0 unspecified atom stereocenters. The Morgan fingerprint density at radius 1 is 1.45 bits per heavy atom. The fraction of sp³-hybridized carbons (Fsp3) is 0.300. The van der Waals surface area contributed by atoms with Crippen molar-refractivity contribution in [1.82, 2.24) is 10.0 Å². The highest BCUT2D eigenvalue weighted by atomic mass is 79.9. The SMILES string of the molecule is CNS(=O)(=O)CCNC(=O)c1cccc([N+](=O)[O-])c1Br. The maximum absolute atomic E-state index is 11.8. The molecule has 0 saturated carbocycles. The number of carbonyl (C=O) groups excluding carboxylic acids is 1. The minimum absolute atomic E-state index is 0.0546. The topological polar surface area (TPSA) is 118 Å². The Kier molecular flexibility index (Phi) is 5.60. The van der Waals surface area contributed by atoms with Crippen LogP contribution in [0, 0.1) is 10.1 Å². The standard InChI is InChI=1S/C10H12BrN3O5S/c1-12-20(18,19)6-5-13-10(15)7-3-2-4-8(9(7)11)14(16)17/h2-4,12H,5-6H2,1H3,(H,13,15). The molecule has 110 valence electrons. The van der Waals surface area contributed by atoms with E-state index in [2.05, 4.69) is 26.0 Å². The van der Waals surface area contributed by atoms with Crippen molar-refractivity contribution in [1.29, 1.82) is 0 Å². The molecule has 0 atom stereocenters. The Hall–Kier alpha value is -1.52. The van der Waals surface area contributed by atoms with Crippen molar-refractivity contribution in [2.24, 2.45) is 0 Å². The number of rotatable bonds is 6. The number of carbonyl (C=O) groups is 1. The van der Waals surface area contributed by atoms with Gasteiger partial charge in [-0.3, -0.25) is 14.9 Å². The van der Waals surface area contributed by atoms with Gasteiger partial charge in [0, 0.05) is 12.6 Å². The smallest absolute Gasteiger partial charge is 0.284 e. The number of benzene rings is 1. The number of nitrogens with zero attached hydrogens (tertiary/aromatic N) is 1. The van der Waals surface area contributed by atoms with Gasteiger partial charge in [-0.1, -0.05) is 6.07 Å². The highest BCUT2D eigenvalue weighted by molar-refractivity contribution is 9.10. The molecule has 1 aromatic carbocycles. The van der Waals surface area contributed by atoms with Crippen molar-refractivity contribution in [2.75, 3.05) is 19.3 Å². The molecule has 20 heavy (non-hydrogen) atoms. The Bertz CT molecular complexity index is 632.